The smallest absolute Gasteiger partial charge is 0.0225 e. The fraction of sp³-hybridized carbons (Fsp3) is 0.769. The summed E-state index contributed by atoms with van der Waals surface area (Å²) in [5.74, 6) is 3.26. The summed E-state index contributed by atoms with van der Waals surface area (Å²) in [5.41, 5.74) is 9.08. The Hall–Kier alpha value is -1.56. The zero-order valence-corrected chi connectivity index (χ0v) is 40.5. The molecule has 0 aliphatic heterocycles. The third-order valence-electron chi connectivity index (χ3n) is 8.86. The van der Waals surface area contributed by atoms with Crippen molar-refractivity contribution in [2.24, 2.45) is 23.7 Å². The Labute approximate surface area is 334 Å². The maximum Gasteiger partial charge on any atom is -0.0225 e. The first kappa shape index (κ1) is 62.4. The molecule has 312 valence electrons. The summed E-state index contributed by atoms with van der Waals surface area (Å²) in [6, 6.07) is 0. The molecule has 0 fully saturated rings. The van der Waals surface area contributed by atoms with E-state index in [0.29, 0.717) is 0 Å². The molecule has 0 aromatic heterocycles. The molecule has 0 N–H and O–H groups in total. The highest BCUT2D eigenvalue weighted by atomic mass is 14.3. The van der Waals surface area contributed by atoms with Gasteiger partial charge in [0.2, 0.25) is 0 Å². The van der Waals surface area contributed by atoms with Crippen molar-refractivity contribution in [3.05, 3.63) is 70.4 Å². The van der Waals surface area contributed by atoms with E-state index in [4.69, 9.17) is 0 Å². The standard InChI is InChI=1S/C35H58.C5H12.C4H10.4C2H6/c1-27(2)14-10-16-30(7)18-12-19-32(9)22-23-34-24-33(25-35(26-34)29(5)6)21-13-20-31(8)17-11-15-28(3)4;1-4-5(2)3;1-3-4-2;4*1-2/h14-15,18,20,24,29,34-35H,9-13,16-17,19,21-23,25-26H2,1-8H3;5H,4H2,1-3H3;3-4H2,1-2H3;4*1-2H3/b30-18+,31-20+;;;;;;. The van der Waals surface area contributed by atoms with Gasteiger partial charge in [-0.3, -0.25) is 0 Å². The van der Waals surface area contributed by atoms with Crippen LogP contribution in [0.4, 0.5) is 0 Å². The largest absolute Gasteiger partial charge is 0.0999 e. The van der Waals surface area contributed by atoms with Crippen molar-refractivity contribution >= 4 is 0 Å². The van der Waals surface area contributed by atoms with Gasteiger partial charge in [-0.25, -0.2) is 0 Å². The van der Waals surface area contributed by atoms with Crippen molar-refractivity contribution in [3.8, 4) is 0 Å². The molecular weight excluding hydrogens is 625 g/mol. The lowest BCUT2D eigenvalue weighted by molar-refractivity contribution is 0.291. The lowest BCUT2D eigenvalue weighted by atomic mass is 9.74. The fourth-order valence-corrected chi connectivity index (χ4v) is 5.10. The van der Waals surface area contributed by atoms with E-state index in [1.54, 1.807) is 11.1 Å². The SMILES string of the molecule is C=C(CC/C=C(\C)CCC=C(C)C)CCC1C=C(CC/C=C(\C)CCC=C(C)C)CC(C(C)C)C1.CC.CC.CC.CC.CCC(C)C.CCCC. The minimum atomic E-state index is 0.743. The van der Waals surface area contributed by atoms with Gasteiger partial charge in [-0.15, -0.1) is 0 Å². The molecule has 0 heterocycles. The molecule has 0 saturated carbocycles. The summed E-state index contributed by atoms with van der Waals surface area (Å²) in [5, 5.41) is 0. The van der Waals surface area contributed by atoms with Crippen molar-refractivity contribution < 1.29 is 0 Å². The molecule has 0 amide bonds. The van der Waals surface area contributed by atoms with E-state index in [2.05, 4.69) is 127 Å². The predicted octanol–water partition coefficient (Wildman–Crippen LogP) is 19.8. The molecule has 0 spiro atoms. The summed E-state index contributed by atoms with van der Waals surface area (Å²) in [6.07, 6.45) is 30.9. The van der Waals surface area contributed by atoms with Crippen LogP contribution >= 0.6 is 0 Å². The molecule has 1 aliphatic carbocycles. The number of unbranched alkanes of at least 4 members (excludes halogenated alkanes) is 1. The third kappa shape index (κ3) is 50.5. The van der Waals surface area contributed by atoms with Gasteiger partial charge in [0.25, 0.3) is 0 Å². The highest BCUT2D eigenvalue weighted by Crippen LogP contribution is 2.37. The van der Waals surface area contributed by atoms with Gasteiger partial charge in [0, 0.05) is 0 Å². The zero-order valence-electron chi connectivity index (χ0n) is 40.5. The Bertz CT molecular complexity index is 856. The van der Waals surface area contributed by atoms with Crippen LogP contribution < -0.4 is 0 Å². The minimum Gasteiger partial charge on any atom is -0.0999 e. The van der Waals surface area contributed by atoms with Gasteiger partial charge in [0.05, 0.1) is 0 Å². The Balaban J connectivity index is -0.000000263. The Morgan fingerprint density at radius 3 is 1.40 bits per heavy atom. The quantitative estimate of drug-likeness (QED) is 0.123. The number of allylic oxidation sites excluding steroid dienone is 11. The second kappa shape index (κ2) is 49.4. The van der Waals surface area contributed by atoms with Crippen LogP contribution in [0.25, 0.3) is 0 Å². The molecule has 1 aliphatic rings. The molecule has 0 bridgehead atoms. The van der Waals surface area contributed by atoms with E-state index >= 15 is 0 Å². The summed E-state index contributed by atoms with van der Waals surface area (Å²) >= 11 is 0. The molecule has 2 unspecified atom stereocenters. The zero-order chi connectivity index (χ0) is 41.9. The van der Waals surface area contributed by atoms with E-state index in [1.165, 1.54) is 106 Å². The number of rotatable bonds is 18. The molecule has 2 atom stereocenters. The van der Waals surface area contributed by atoms with Gasteiger partial charge >= 0.3 is 0 Å². The van der Waals surface area contributed by atoms with Crippen molar-refractivity contribution in [2.45, 2.75) is 242 Å². The Morgan fingerprint density at radius 2 is 1.04 bits per heavy atom. The minimum absolute atomic E-state index is 0.743. The van der Waals surface area contributed by atoms with Gasteiger partial charge in [-0.1, -0.05) is 194 Å². The van der Waals surface area contributed by atoms with Gasteiger partial charge in [0.15, 0.2) is 0 Å². The molecular formula is C52H104. The highest BCUT2D eigenvalue weighted by molar-refractivity contribution is 5.13. The number of hydrogen-bond donors (Lipinski definition) is 0. The number of hydrogen-bond acceptors (Lipinski definition) is 0. The van der Waals surface area contributed by atoms with E-state index in [-0.39, 0.29) is 0 Å². The summed E-state index contributed by atoms with van der Waals surface area (Å²) in [6.45, 7) is 49.6. The molecule has 0 aromatic rings. The monoisotopic (exact) mass is 729 g/mol. The van der Waals surface area contributed by atoms with Crippen LogP contribution in [0.3, 0.4) is 0 Å². The lowest BCUT2D eigenvalue weighted by Gasteiger charge is -2.31. The van der Waals surface area contributed by atoms with Crippen molar-refractivity contribution in [1.82, 2.24) is 0 Å². The molecule has 52 heavy (non-hydrogen) atoms. The molecule has 0 heteroatoms. The first-order chi connectivity index (χ1) is 24.7. The third-order valence-corrected chi connectivity index (χ3v) is 8.86. The summed E-state index contributed by atoms with van der Waals surface area (Å²) in [7, 11) is 0. The van der Waals surface area contributed by atoms with E-state index < -0.39 is 0 Å². The molecule has 0 aromatic carbocycles. The van der Waals surface area contributed by atoms with Crippen LogP contribution in [0.15, 0.2) is 70.4 Å². The van der Waals surface area contributed by atoms with Gasteiger partial charge in [0.1, 0.15) is 0 Å². The van der Waals surface area contributed by atoms with Crippen molar-refractivity contribution in [2.75, 3.05) is 0 Å². The average Bonchev–Trinajstić information content (AvgIpc) is 3.14. The normalized spacial score (nSPS) is 14.7. The highest BCUT2D eigenvalue weighted by Gasteiger charge is 2.24. The van der Waals surface area contributed by atoms with Crippen LogP contribution in [-0.2, 0) is 0 Å². The van der Waals surface area contributed by atoms with E-state index in [0.717, 1.165) is 36.5 Å². The molecule has 1 rings (SSSR count). The predicted molar refractivity (Wildman–Crippen MR) is 252 cm³/mol. The van der Waals surface area contributed by atoms with Gasteiger partial charge in [-0.05, 0) is 142 Å². The van der Waals surface area contributed by atoms with Gasteiger partial charge < -0.3 is 0 Å². The van der Waals surface area contributed by atoms with Crippen LogP contribution in [0.1, 0.15) is 242 Å². The van der Waals surface area contributed by atoms with Crippen molar-refractivity contribution in [1.29, 1.82) is 0 Å². The van der Waals surface area contributed by atoms with E-state index in [1.807, 2.05) is 55.4 Å². The van der Waals surface area contributed by atoms with E-state index in [9.17, 15) is 0 Å². The Kier molecular flexibility index (Phi) is 59.4. The lowest BCUT2D eigenvalue weighted by Crippen LogP contribution is -2.19. The fourth-order valence-electron chi connectivity index (χ4n) is 5.10. The van der Waals surface area contributed by atoms with Crippen LogP contribution in [0.5, 0.6) is 0 Å². The summed E-state index contributed by atoms with van der Waals surface area (Å²) < 4.78 is 0. The Morgan fingerprint density at radius 1 is 0.635 bits per heavy atom. The maximum absolute atomic E-state index is 4.43. The molecule has 0 radical (unpaired) electrons. The van der Waals surface area contributed by atoms with Gasteiger partial charge in [-0.2, -0.15) is 0 Å². The first-order valence-corrected chi connectivity index (χ1v) is 22.7. The second-order valence-electron chi connectivity index (χ2n) is 14.9. The topological polar surface area (TPSA) is 0 Å². The molecule has 0 nitrogen and oxygen atoms in total. The van der Waals surface area contributed by atoms with Crippen molar-refractivity contribution in [3.63, 3.8) is 0 Å². The van der Waals surface area contributed by atoms with Crippen LogP contribution in [0.2, 0.25) is 0 Å². The van der Waals surface area contributed by atoms with Crippen LogP contribution in [0, 0.1) is 23.7 Å². The molecule has 0 saturated heterocycles. The first-order valence-electron chi connectivity index (χ1n) is 22.7. The summed E-state index contributed by atoms with van der Waals surface area (Å²) in [4.78, 5) is 0. The average molecular weight is 729 g/mol. The maximum atomic E-state index is 4.43. The van der Waals surface area contributed by atoms with Crippen LogP contribution in [-0.4, -0.2) is 0 Å². The second-order valence-corrected chi connectivity index (χ2v) is 14.9.